The minimum Gasteiger partial charge on any atom is -0.405 e. The van der Waals surface area contributed by atoms with Crippen molar-refractivity contribution < 1.29 is 0 Å². The first kappa shape index (κ1) is 8.62. The summed E-state index contributed by atoms with van der Waals surface area (Å²) in [6, 6.07) is 3.78. The third-order valence-corrected chi connectivity index (χ3v) is 1.84. The molecule has 0 radical (unpaired) electrons. The van der Waals surface area contributed by atoms with Crippen molar-refractivity contribution in [2.45, 2.75) is 6.42 Å². The molecular formula is C10H10N4. The summed E-state index contributed by atoms with van der Waals surface area (Å²) in [4.78, 5) is 12.6. The molecule has 0 aliphatic carbocycles. The van der Waals surface area contributed by atoms with Gasteiger partial charge in [0.2, 0.25) is 0 Å². The minimum absolute atomic E-state index is 0.654. The quantitative estimate of drug-likeness (QED) is 0.761. The maximum Gasteiger partial charge on any atom is 0.132 e. The average Bonchev–Trinajstić information content (AvgIpc) is 2.26. The Morgan fingerprint density at radius 3 is 3.07 bits per heavy atom. The number of nitrogens with zero attached hydrogens (tertiary/aromatic N) is 3. The number of aromatic nitrogens is 3. The molecule has 4 nitrogen and oxygen atoms in total. The van der Waals surface area contributed by atoms with Gasteiger partial charge >= 0.3 is 0 Å². The predicted octanol–water partition coefficient (Wildman–Crippen LogP) is 1.04. The molecule has 0 aliphatic rings. The first-order valence-corrected chi connectivity index (χ1v) is 4.33. The fourth-order valence-electron chi connectivity index (χ4n) is 1.18. The first-order chi connectivity index (χ1) is 6.90. The number of pyridine rings is 1. The second-order valence-electron chi connectivity index (χ2n) is 2.83. The normalized spacial score (nSPS) is 11.1. The van der Waals surface area contributed by atoms with Gasteiger partial charge in [-0.2, -0.15) is 0 Å². The Balaban J connectivity index is 2.41. The lowest BCUT2D eigenvalue weighted by Gasteiger charge is -1.97. The van der Waals surface area contributed by atoms with Gasteiger partial charge in [-0.05, 0) is 18.3 Å². The molecule has 2 N–H and O–H groups in total. The van der Waals surface area contributed by atoms with E-state index >= 15 is 0 Å². The molecule has 0 atom stereocenters. The Labute approximate surface area is 81.5 Å². The highest BCUT2D eigenvalue weighted by Crippen LogP contribution is 2.06. The minimum atomic E-state index is 0.654. The third kappa shape index (κ3) is 1.69. The Hall–Kier alpha value is -1.97. The second-order valence-corrected chi connectivity index (χ2v) is 2.83. The molecule has 2 aromatic heterocycles. The molecule has 0 saturated heterocycles. The number of nitrogens with two attached hydrogens (primary N) is 1. The van der Waals surface area contributed by atoms with Crippen LogP contribution in [0.2, 0.25) is 0 Å². The van der Waals surface area contributed by atoms with Crippen LogP contribution in [-0.4, -0.2) is 15.0 Å². The van der Waals surface area contributed by atoms with E-state index in [0.29, 0.717) is 6.42 Å². The number of hydrogen-bond donors (Lipinski definition) is 1. The molecule has 0 unspecified atom stereocenters. The smallest absolute Gasteiger partial charge is 0.132 e. The van der Waals surface area contributed by atoms with Crippen LogP contribution in [0.25, 0.3) is 11.0 Å². The standard InChI is InChI=1S/C10H10N4/c11-5-1-4-10-13-7-9-8(14-10)3-2-6-12-9/h1-3,5-7H,4,11H2. The van der Waals surface area contributed by atoms with Crippen LogP contribution in [0.1, 0.15) is 5.82 Å². The van der Waals surface area contributed by atoms with Gasteiger partial charge in [0.05, 0.1) is 11.7 Å². The van der Waals surface area contributed by atoms with Crippen LogP contribution < -0.4 is 5.73 Å². The van der Waals surface area contributed by atoms with Gasteiger partial charge in [0.25, 0.3) is 0 Å². The zero-order valence-corrected chi connectivity index (χ0v) is 7.59. The molecule has 0 saturated carbocycles. The van der Waals surface area contributed by atoms with E-state index in [0.717, 1.165) is 16.9 Å². The van der Waals surface area contributed by atoms with Crippen LogP contribution in [0, 0.1) is 0 Å². The summed E-state index contributed by atoms with van der Waals surface area (Å²) in [6.07, 6.45) is 7.42. The topological polar surface area (TPSA) is 64.7 Å². The molecule has 4 heteroatoms. The summed E-state index contributed by atoms with van der Waals surface area (Å²) >= 11 is 0. The molecular weight excluding hydrogens is 176 g/mol. The van der Waals surface area contributed by atoms with E-state index in [1.54, 1.807) is 12.4 Å². The number of fused-ring (bicyclic) bond motifs is 1. The van der Waals surface area contributed by atoms with Crippen molar-refractivity contribution in [2.75, 3.05) is 0 Å². The Bertz CT molecular complexity index is 464. The summed E-state index contributed by atoms with van der Waals surface area (Å²) in [5.41, 5.74) is 6.92. The van der Waals surface area contributed by atoms with Gasteiger partial charge in [-0.15, -0.1) is 0 Å². The Kier molecular flexibility index (Phi) is 2.36. The molecule has 0 amide bonds. The van der Waals surface area contributed by atoms with Crippen molar-refractivity contribution in [1.29, 1.82) is 0 Å². The lowest BCUT2D eigenvalue weighted by atomic mass is 10.3. The van der Waals surface area contributed by atoms with E-state index in [-0.39, 0.29) is 0 Å². The van der Waals surface area contributed by atoms with Gasteiger partial charge in [-0.25, -0.2) is 9.97 Å². The summed E-state index contributed by atoms with van der Waals surface area (Å²) < 4.78 is 0. The first-order valence-electron chi connectivity index (χ1n) is 4.33. The monoisotopic (exact) mass is 186 g/mol. The molecule has 14 heavy (non-hydrogen) atoms. The maximum atomic E-state index is 5.24. The molecule has 2 aromatic rings. The van der Waals surface area contributed by atoms with E-state index in [4.69, 9.17) is 5.73 Å². The lowest BCUT2D eigenvalue weighted by molar-refractivity contribution is 1.01. The zero-order chi connectivity index (χ0) is 9.80. The van der Waals surface area contributed by atoms with Gasteiger partial charge in [0.1, 0.15) is 11.3 Å². The number of rotatable bonds is 2. The highest BCUT2D eigenvalue weighted by atomic mass is 14.9. The van der Waals surface area contributed by atoms with Crippen molar-refractivity contribution in [3.63, 3.8) is 0 Å². The van der Waals surface area contributed by atoms with Crippen LogP contribution in [0.3, 0.4) is 0 Å². The third-order valence-electron chi connectivity index (χ3n) is 1.84. The Morgan fingerprint density at radius 2 is 2.21 bits per heavy atom. The molecule has 0 aromatic carbocycles. The van der Waals surface area contributed by atoms with Crippen molar-refractivity contribution >= 4 is 11.0 Å². The summed E-state index contributed by atoms with van der Waals surface area (Å²) in [7, 11) is 0. The van der Waals surface area contributed by atoms with E-state index in [9.17, 15) is 0 Å². The lowest BCUT2D eigenvalue weighted by Crippen LogP contribution is -1.94. The van der Waals surface area contributed by atoms with Gasteiger partial charge in [0.15, 0.2) is 0 Å². The van der Waals surface area contributed by atoms with Crippen molar-refractivity contribution in [2.24, 2.45) is 5.73 Å². The summed E-state index contributed by atoms with van der Waals surface area (Å²) in [6.45, 7) is 0. The SMILES string of the molecule is NC=CCc1ncc2ncccc2n1. The van der Waals surface area contributed by atoms with Gasteiger partial charge in [-0.1, -0.05) is 6.08 Å². The number of allylic oxidation sites excluding steroid dienone is 1. The van der Waals surface area contributed by atoms with Crippen LogP contribution in [0.4, 0.5) is 0 Å². The molecule has 0 bridgehead atoms. The van der Waals surface area contributed by atoms with E-state index in [1.165, 1.54) is 6.20 Å². The average molecular weight is 186 g/mol. The van der Waals surface area contributed by atoms with Gasteiger partial charge < -0.3 is 5.73 Å². The largest absolute Gasteiger partial charge is 0.405 e. The second kappa shape index (κ2) is 3.83. The van der Waals surface area contributed by atoms with Crippen molar-refractivity contribution in [1.82, 2.24) is 15.0 Å². The molecule has 0 aliphatic heterocycles. The summed E-state index contributed by atoms with van der Waals surface area (Å²) in [5, 5.41) is 0. The van der Waals surface area contributed by atoms with Crippen LogP contribution in [0.5, 0.6) is 0 Å². The van der Waals surface area contributed by atoms with Crippen LogP contribution >= 0.6 is 0 Å². The fourth-order valence-corrected chi connectivity index (χ4v) is 1.18. The number of hydrogen-bond acceptors (Lipinski definition) is 4. The highest BCUT2D eigenvalue weighted by Gasteiger charge is 1.97. The molecule has 0 spiro atoms. The van der Waals surface area contributed by atoms with Crippen LogP contribution in [-0.2, 0) is 6.42 Å². The van der Waals surface area contributed by atoms with Crippen molar-refractivity contribution in [3.05, 3.63) is 42.6 Å². The van der Waals surface area contributed by atoms with Crippen LogP contribution in [0.15, 0.2) is 36.8 Å². The van der Waals surface area contributed by atoms with Gasteiger partial charge in [0, 0.05) is 12.6 Å². The van der Waals surface area contributed by atoms with E-state index in [1.807, 2.05) is 18.2 Å². The van der Waals surface area contributed by atoms with Crippen molar-refractivity contribution in [3.8, 4) is 0 Å². The molecule has 2 heterocycles. The highest BCUT2D eigenvalue weighted by molar-refractivity contribution is 5.72. The summed E-state index contributed by atoms with van der Waals surface area (Å²) in [5.74, 6) is 0.757. The fraction of sp³-hybridized carbons (Fsp3) is 0.100. The molecule has 0 fully saturated rings. The molecule has 2 rings (SSSR count). The Morgan fingerprint density at radius 1 is 1.29 bits per heavy atom. The molecule has 70 valence electrons. The van der Waals surface area contributed by atoms with Gasteiger partial charge in [-0.3, -0.25) is 4.98 Å². The van der Waals surface area contributed by atoms with E-state index < -0.39 is 0 Å². The maximum absolute atomic E-state index is 5.24. The van der Waals surface area contributed by atoms with E-state index in [2.05, 4.69) is 15.0 Å². The zero-order valence-electron chi connectivity index (χ0n) is 7.59. The predicted molar refractivity (Wildman–Crippen MR) is 54.4 cm³/mol.